The van der Waals surface area contributed by atoms with Crippen LogP contribution in [0.2, 0.25) is 0 Å². The van der Waals surface area contributed by atoms with Crippen LogP contribution in [0.5, 0.6) is 0 Å². The molecular weight excluding hydrogens is 330 g/mol. The zero-order valence-corrected chi connectivity index (χ0v) is 13.8. The molecule has 21 heavy (non-hydrogen) atoms. The van der Waals surface area contributed by atoms with E-state index in [-0.39, 0.29) is 0 Å². The van der Waals surface area contributed by atoms with Crippen LogP contribution in [0.25, 0.3) is 10.9 Å². The number of nitrogens with two attached hydrogens (primary N) is 1. The summed E-state index contributed by atoms with van der Waals surface area (Å²) in [5.41, 5.74) is 9.26. The monoisotopic (exact) mass is 347 g/mol. The predicted molar refractivity (Wildman–Crippen MR) is 88.2 cm³/mol. The quantitative estimate of drug-likeness (QED) is 0.788. The van der Waals surface area contributed by atoms with Crippen LogP contribution >= 0.6 is 15.9 Å². The molecule has 0 aliphatic heterocycles. The lowest BCUT2D eigenvalue weighted by molar-refractivity contribution is 0.581. The molecule has 0 bridgehead atoms. The van der Waals surface area contributed by atoms with Crippen molar-refractivity contribution in [2.75, 3.05) is 5.73 Å². The molecule has 0 atom stereocenters. The first-order valence-electron chi connectivity index (χ1n) is 7.10. The van der Waals surface area contributed by atoms with Gasteiger partial charge in [-0.2, -0.15) is 10.2 Å². The number of aryl methyl sites for hydroxylation is 2. The first-order chi connectivity index (χ1) is 10.2. The molecule has 0 unspecified atom stereocenters. The van der Waals surface area contributed by atoms with Crippen LogP contribution in [-0.4, -0.2) is 19.6 Å². The average Bonchev–Trinajstić information content (AvgIpc) is 2.99. The van der Waals surface area contributed by atoms with Crippen LogP contribution in [0, 0.1) is 0 Å². The van der Waals surface area contributed by atoms with E-state index in [4.69, 9.17) is 5.73 Å². The molecule has 2 N–H and O–H groups in total. The van der Waals surface area contributed by atoms with Crippen LogP contribution < -0.4 is 5.73 Å². The third-order valence-corrected chi connectivity index (χ3v) is 4.60. The number of nitrogens with zero attached hydrogens (tertiary/aromatic N) is 4. The second-order valence-electron chi connectivity index (χ2n) is 4.94. The molecule has 0 aliphatic carbocycles. The molecule has 0 saturated carbocycles. The van der Waals surface area contributed by atoms with E-state index in [1.165, 1.54) is 0 Å². The van der Waals surface area contributed by atoms with Gasteiger partial charge in [0.05, 0.1) is 27.9 Å². The fourth-order valence-electron chi connectivity index (χ4n) is 2.58. The summed E-state index contributed by atoms with van der Waals surface area (Å²) < 4.78 is 5.04. The van der Waals surface area contributed by atoms with Gasteiger partial charge in [0.25, 0.3) is 0 Å². The van der Waals surface area contributed by atoms with Crippen molar-refractivity contribution in [3.8, 4) is 0 Å². The van der Waals surface area contributed by atoms with Gasteiger partial charge in [-0.3, -0.25) is 9.36 Å². The van der Waals surface area contributed by atoms with Gasteiger partial charge < -0.3 is 5.73 Å². The topological polar surface area (TPSA) is 61.7 Å². The summed E-state index contributed by atoms with van der Waals surface area (Å²) in [5.74, 6) is 0.569. The predicted octanol–water partition coefficient (Wildman–Crippen LogP) is 3.21. The summed E-state index contributed by atoms with van der Waals surface area (Å²) in [7, 11) is 0. The molecule has 1 aromatic carbocycles. The minimum Gasteiger partial charge on any atom is -0.382 e. The maximum Gasteiger partial charge on any atom is 0.153 e. The summed E-state index contributed by atoms with van der Waals surface area (Å²) in [6, 6.07) is 8.02. The highest BCUT2D eigenvalue weighted by molar-refractivity contribution is 9.10. The molecule has 3 rings (SSSR count). The van der Waals surface area contributed by atoms with Crippen molar-refractivity contribution >= 4 is 32.7 Å². The Hall–Kier alpha value is -1.82. The van der Waals surface area contributed by atoms with Crippen molar-refractivity contribution in [3.05, 3.63) is 40.1 Å². The van der Waals surface area contributed by atoms with Crippen LogP contribution in [0.15, 0.2) is 28.7 Å². The highest BCUT2D eigenvalue weighted by atomic mass is 79.9. The number of anilines is 1. The van der Waals surface area contributed by atoms with E-state index in [9.17, 15) is 0 Å². The molecule has 0 radical (unpaired) electrons. The molecule has 0 saturated heterocycles. The van der Waals surface area contributed by atoms with E-state index in [1.54, 1.807) is 0 Å². The van der Waals surface area contributed by atoms with E-state index in [0.29, 0.717) is 12.4 Å². The van der Waals surface area contributed by atoms with Gasteiger partial charge in [-0.05, 0) is 41.4 Å². The van der Waals surface area contributed by atoms with E-state index in [2.05, 4.69) is 40.0 Å². The normalized spacial score (nSPS) is 11.4. The standard InChI is InChI=1S/C15H18BrN5/c1-3-11-14(16)13(20(4-2)18-11)9-21-12-8-6-5-7-10(12)15(17)19-21/h5-8H,3-4,9H2,1-2H3,(H2,17,19). The van der Waals surface area contributed by atoms with Gasteiger partial charge in [-0.15, -0.1) is 0 Å². The number of nitrogen functional groups attached to an aromatic ring is 1. The third-order valence-electron chi connectivity index (χ3n) is 3.68. The van der Waals surface area contributed by atoms with Crippen molar-refractivity contribution in [3.63, 3.8) is 0 Å². The van der Waals surface area contributed by atoms with Gasteiger partial charge in [0.1, 0.15) is 0 Å². The maximum atomic E-state index is 6.00. The number of halogens is 1. The molecular formula is C15H18BrN5. The first-order valence-corrected chi connectivity index (χ1v) is 7.90. The Balaban J connectivity index is 2.09. The van der Waals surface area contributed by atoms with Crippen molar-refractivity contribution in [1.82, 2.24) is 19.6 Å². The van der Waals surface area contributed by atoms with Gasteiger partial charge in [0, 0.05) is 11.9 Å². The first kappa shape index (κ1) is 14.1. The molecule has 2 aromatic heterocycles. The maximum absolute atomic E-state index is 6.00. The second-order valence-corrected chi connectivity index (χ2v) is 5.73. The minimum atomic E-state index is 0.569. The molecule has 2 heterocycles. The lowest BCUT2D eigenvalue weighted by Gasteiger charge is -2.07. The van der Waals surface area contributed by atoms with Crippen LogP contribution in [-0.2, 0) is 19.5 Å². The van der Waals surface area contributed by atoms with Gasteiger partial charge in [0.15, 0.2) is 5.82 Å². The smallest absolute Gasteiger partial charge is 0.153 e. The summed E-state index contributed by atoms with van der Waals surface area (Å²) in [6.45, 7) is 5.69. The van der Waals surface area contributed by atoms with Crippen molar-refractivity contribution < 1.29 is 0 Å². The Morgan fingerprint density at radius 3 is 2.62 bits per heavy atom. The summed E-state index contributed by atoms with van der Waals surface area (Å²) >= 11 is 3.68. The SMILES string of the molecule is CCc1nn(CC)c(Cn2nc(N)c3ccccc32)c1Br. The Morgan fingerprint density at radius 1 is 1.14 bits per heavy atom. The largest absolute Gasteiger partial charge is 0.382 e. The number of hydrogen-bond donors (Lipinski definition) is 1. The number of fused-ring (bicyclic) bond motifs is 1. The summed E-state index contributed by atoms with van der Waals surface area (Å²) in [6.07, 6.45) is 0.905. The lowest BCUT2D eigenvalue weighted by atomic mass is 10.2. The van der Waals surface area contributed by atoms with Crippen molar-refractivity contribution in [2.45, 2.75) is 33.4 Å². The van der Waals surface area contributed by atoms with Crippen LogP contribution in [0.4, 0.5) is 5.82 Å². The molecule has 6 heteroatoms. The van der Waals surface area contributed by atoms with Crippen molar-refractivity contribution in [1.29, 1.82) is 0 Å². The molecule has 0 aliphatic rings. The summed E-state index contributed by atoms with van der Waals surface area (Å²) in [5, 5.41) is 10.1. The number of rotatable bonds is 4. The number of benzene rings is 1. The lowest BCUT2D eigenvalue weighted by Crippen LogP contribution is -2.09. The Morgan fingerprint density at radius 2 is 1.90 bits per heavy atom. The second kappa shape index (κ2) is 5.52. The van der Waals surface area contributed by atoms with E-state index in [0.717, 1.165) is 39.7 Å². The number of hydrogen-bond acceptors (Lipinski definition) is 3. The van der Waals surface area contributed by atoms with Crippen LogP contribution in [0.1, 0.15) is 25.2 Å². The Bertz CT molecular complexity index is 787. The Labute approximate surface area is 131 Å². The van der Waals surface area contributed by atoms with Gasteiger partial charge in [0.2, 0.25) is 0 Å². The molecule has 110 valence electrons. The molecule has 3 aromatic rings. The zero-order valence-electron chi connectivity index (χ0n) is 12.2. The summed E-state index contributed by atoms with van der Waals surface area (Å²) in [4.78, 5) is 0. The van der Waals surface area contributed by atoms with E-state index in [1.807, 2.05) is 33.6 Å². The minimum absolute atomic E-state index is 0.569. The molecule has 5 nitrogen and oxygen atoms in total. The van der Waals surface area contributed by atoms with Crippen molar-refractivity contribution in [2.24, 2.45) is 0 Å². The van der Waals surface area contributed by atoms with Gasteiger partial charge in [-0.25, -0.2) is 0 Å². The van der Waals surface area contributed by atoms with Gasteiger partial charge >= 0.3 is 0 Å². The molecule has 0 amide bonds. The fourth-order valence-corrected chi connectivity index (χ4v) is 3.27. The van der Waals surface area contributed by atoms with Crippen LogP contribution in [0.3, 0.4) is 0 Å². The van der Waals surface area contributed by atoms with E-state index >= 15 is 0 Å². The zero-order chi connectivity index (χ0) is 15.0. The third kappa shape index (κ3) is 2.33. The average molecular weight is 348 g/mol. The fraction of sp³-hybridized carbons (Fsp3) is 0.333. The Kier molecular flexibility index (Phi) is 3.71. The number of aromatic nitrogens is 4. The highest BCUT2D eigenvalue weighted by Gasteiger charge is 2.16. The molecule has 0 spiro atoms. The van der Waals surface area contributed by atoms with E-state index < -0.39 is 0 Å². The number of para-hydroxylation sites is 1. The van der Waals surface area contributed by atoms with Gasteiger partial charge in [-0.1, -0.05) is 19.1 Å². The highest BCUT2D eigenvalue weighted by Crippen LogP contribution is 2.26. The molecule has 0 fully saturated rings.